The van der Waals surface area contributed by atoms with Crippen LogP contribution in [0.3, 0.4) is 0 Å². The molecule has 0 bridgehead atoms. The van der Waals surface area contributed by atoms with Crippen molar-refractivity contribution in [3.63, 3.8) is 0 Å². The van der Waals surface area contributed by atoms with Gasteiger partial charge < -0.3 is 5.11 Å². The maximum absolute atomic E-state index is 8.93. The number of hydrogen-bond acceptors (Lipinski definition) is 3. The lowest BCUT2D eigenvalue weighted by molar-refractivity contribution is 0.296. The van der Waals surface area contributed by atoms with Crippen LogP contribution in [0, 0.1) is 13.8 Å². The average molecular weight is 228 g/mol. The highest BCUT2D eigenvalue weighted by Gasteiger charge is 2.04. The molecule has 1 heterocycles. The lowest BCUT2D eigenvalue weighted by Crippen LogP contribution is -2.01. The second-order valence-electron chi connectivity index (χ2n) is 4.15. The van der Waals surface area contributed by atoms with Gasteiger partial charge in [0.05, 0.1) is 12.3 Å². The largest absolute Gasteiger partial charge is 0.396 e. The molecule has 1 N–H and O–H groups in total. The molecule has 2 aromatic rings. The normalized spacial score (nSPS) is 10.5. The van der Waals surface area contributed by atoms with E-state index in [0.29, 0.717) is 12.2 Å². The van der Waals surface area contributed by atoms with E-state index in [4.69, 9.17) is 5.11 Å². The fourth-order valence-electron chi connectivity index (χ4n) is 1.71. The van der Waals surface area contributed by atoms with Gasteiger partial charge in [-0.25, -0.2) is 9.97 Å². The molecule has 88 valence electrons. The lowest BCUT2D eigenvalue weighted by Gasteiger charge is -2.05. The van der Waals surface area contributed by atoms with E-state index in [1.807, 2.05) is 13.0 Å². The Morgan fingerprint density at radius 3 is 2.41 bits per heavy atom. The van der Waals surface area contributed by atoms with Crippen LogP contribution < -0.4 is 0 Å². The summed E-state index contributed by atoms with van der Waals surface area (Å²) < 4.78 is 0. The molecule has 0 fully saturated rings. The molecule has 0 unspecified atom stereocenters. The van der Waals surface area contributed by atoms with Crippen molar-refractivity contribution in [2.24, 2.45) is 0 Å². The summed E-state index contributed by atoms with van der Waals surface area (Å²) in [5.41, 5.74) is 4.16. The first kappa shape index (κ1) is 11.7. The minimum atomic E-state index is 0.0801. The Hall–Kier alpha value is -1.74. The molecular weight excluding hydrogens is 212 g/mol. The second-order valence-corrected chi connectivity index (χ2v) is 4.15. The number of nitrogens with zero attached hydrogens (tertiary/aromatic N) is 2. The van der Waals surface area contributed by atoms with E-state index in [-0.39, 0.29) is 6.61 Å². The smallest absolute Gasteiger partial charge is 0.131 e. The third kappa shape index (κ3) is 2.88. The molecule has 0 aliphatic carbocycles. The van der Waals surface area contributed by atoms with Gasteiger partial charge in [0.1, 0.15) is 5.82 Å². The fourth-order valence-corrected chi connectivity index (χ4v) is 1.71. The Bertz CT molecular complexity index is 506. The van der Waals surface area contributed by atoms with Crippen molar-refractivity contribution >= 4 is 0 Å². The highest BCUT2D eigenvalue weighted by atomic mass is 16.3. The molecule has 3 nitrogen and oxygen atoms in total. The Labute approximate surface area is 101 Å². The van der Waals surface area contributed by atoms with Crippen LogP contribution in [0.15, 0.2) is 30.3 Å². The molecule has 0 saturated carbocycles. The van der Waals surface area contributed by atoms with Gasteiger partial charge >= 0.3 is 0 Å². The monoisotopic (exact) mass is 228 g/mol. The first-order chi connectivity index (χ1) is 8.19. The van der Waals surface area contributed by atoms with Gasteiger partial charge in [0.25, 0.3) is 0 Å². The van der Waals surface area contributed by atoms with Crippen LogP contribution >= 0.6 is 0 Å². The highest BCUT2D eigenvalue weighted by molar-refractivity contribution is 5.59. The Kier molecular flexibility index (Phi) is 3.49. The molecule has 3 heteroatoms. The van der Waals surface area contributed by atoms with E-state index in [0.717, 1.165) is 17.0 Å². The molecule has 0 radical (unpaired) electrons. The lowest BCUT2D eigenvalue weighted by atomic mass is 10.1. The molecule has 1 aromatic heterocycles. The first-order valence-electron chi connectivity index (χ1n) is 5.71. The second kappa shape index (κ2) is 5.06. The van der Waals surface area contributed by atoms with Gasteiger partial charge in [0.2, 0.25) is 0 Å². The van der Waals surface area contributed by atoms with Crippen molar-refractivity contribution in [3.8, 4) is 11.3 Å². The maximum atomic E-state index is 8.93. The fraction of sp³-hybridized carbons (Fsp3) is 0.286. The molecule has 0 aliphatic heterocycles. The van der Waals surface area contributed by atoms with Crippen LogP contribution in [-0.4, -0.2) is 21.7 Å². The zero-order chi connectivity index (χ0) is 12.3. The van der Waals surface area contributed by atoms with Crippen molar-refractivity contribution in [3.05, 3.63) is 47.4 Å². The summed E-state index contributed by atoms with van der Waals surface area (Å²) in [4.78, 5) is 8.75. The van der Waals surface area contributed by atoms with Crippen LogP contribution in [0.25, 0.3) is 11.3 Å². The van der Waals surface area contributed by atoms with Crippen molar-refractivity contribution in [2.75, 3.05) is 6.61 Å². The Morgan fingerprint density at radius 2 is 1.76 bits per heavy atom. The summed E-state index contributed by atoms with van der Waals surface area (Å²) >= 11 is 0. The maximum Gasteiger partial charge on any atom is 0.131 e. The Balaban J connectivity index is 2.40. The molecular formula is C14H16N2O. The van der Waals surface area contributed by atoms with Gasteiger partial charge in [-0.05, 0) is 19.9 Å². The van der Waals surface area contributed by atoms with E-state index in [2.05, 4.69) is 41.2 Å². The topological polar surface area (TPSA) is 46.0 Å². The number of hydrogen-bond donors (Lipinski definition) is 1. The van der Waals surface area contributed by atoms with Crippen molar-refractivity contribution in [2.45, 2.75) is 20.3 Å². The summed E-state index contributed by atoms with van der Waals surface area (Å²) in [6.45, 7) is 4.09. The van der Waals surface area contributed by atoms with Crippen LogP contribution in [-0.2, 0) is 6.42 Å². The zero-order valence-electron chi connectivity index (χ0n) is 10.1. The number of aromatic nitrogens is 2. The van der Waals surface area contributed by atoms with Gasteiger partial charge in [-0.1, -0.05) is 29.8 Å². The number of rotatable bonds is 3. The van der Waals surface area contributed by atoms with E-state index in [1.54, 1.807) is 0 Å². The van der Waals surface area contributed by atoms with Gasteiger partial charge in [-0.2, -0.15) is 0 Å². The van der Waals surface area contributed by atoms with Gasteiger partial charge in [0.15, 0.2) is 0 Å². The van der Waals surface area contributed by atoms with Crippen molar-refractivity contribution in [1.82, 2.24) is 9.97 Å². The first-order valence-corrected chi connectivity index (χ1v) is 5.71. The van der Waals surface area contributed by atoms with E-state index < -0.39 is 0 Å². The summed E-state index contributed by atoms with van der Waals surface area (Å²) in [7, 11) is 0. The number of benzene rings is 1. The summed E-state index contributed by atoms with van der Waals surface area (Å²) in [5.74, 6) is 0.697. The summed E-state index contributed by atoms with van der Waals surface area (Å²) in [6, 6.07) is 10.2. The minimum absolute atomic E-state index is 0.0801. The van der Waals surface area contributed by atoms with E-state index in [9.17, 15) is 0 Å². The SMILES string of the molecule is Cc1ccc(-c2cc(C)nc(CCO)n2)cc1. The van der Waals surface area contributed by atoms with Gasteiger partial charge in [-0.3, -0.25) is 0 Å². The number of aliphatic hydroxyl groups is 1. The molecule has 0 atom stereocenters. The average Bonchev–Trinajstić information content (AvgIpc) is 2.29. The molecule has 0 aliphatic rings. The standard InChI is InChI=1S/C14H16N2O/c1-10-3-5-12(6-4-10)13-9-11(2)15-14(16-13)7-8-17/h3-6,9,17H,7-8H2,1-2H3. The summed E-state index contributed by atoms with van der Waals surface area (Å²) in [6.07, 6.45) is 0.501. The zero-order valence-corrected chi connectivity index (χ0v) is 10.1. The molecule has 2 rings (SSSR count). The van der Waals surface area contributed by atoms with Crippen molar-refractivity contribution in [1.29, 1.82) is 0 Å². The van der Waals surface area contributed by atoms with Crippen LogP contribution in [0.2, 0.25) is 0 Å². The molecule has 0 spiro atoms. The van der Waals surface area contributed by atoms with Gasteiger partial charge in [0, 0.05) is 17.7 Å². The predicted molar refractivity (Wildman–Crippen MR) is 67.7 cm³/mol. The molecule has 0 saturated heterocycles. The number of aryl methyl sites for hydroxylation is 2. The third-order valence-electron chi connectivity index (χ3n) is 2.58. The molecule has 1 aromatic carbocycles. The van der Waals surface area contributed by atoms with Crippen LogP contribution in [0.4, 0.5) is 0 Å². The predicted octanol–water partition coefficient (Wildman–Crippen LogP) is 2.30. The van der Waals surface area contributed by atoms with E-state index in [1.165, 1.54) is 5.56 Å². The molecule has 17 heavy (non-hydrogen) atoms. The van der Waals surface area contributed by atoms with E-state index >= 15 is 0 Å². The summed E-state index contributed by atoms with van der Waals surface area (Å²) in [5, 5.41) is 8.93. The minimum Gasteiger partial charge on any atom is -0.396 e. The molecule has 0 amide bonds. The van der Waals surface area contributed by atoms with Gasteiger partial charge in [-0.15, -0.1) is 0 Å². The number of aliphatic hydroxyl groups excluding tert-OH is 1. The Morgan fingerprint density at radius 1 is 1.06 bits per heavy atom. The van der Waals surface area contributed by atoms with Crippen LogP contribution in [0.5, 0.6) is 0 Å². The quantitative estimate of drug-likeness (QED) is 0.876. The van der Waals surface area contributed by atoms with Crippen molar-refractivity contribution < 1.29 is 5.11 Å². The van der Waals surface area contributed by atoms with Crippen LogP contribution in [0.1, 0.15) is 17.1 Å². The third-order valence-corrected chi connectivity index (χ3v) is 2.58. The highest BCUT2D eigenvalue weighted by Crippen LogP contribution is 2.18.